The monoisotopic (exact) mass is 216 g/mol. The summed E-state index contributed by atoms with van der Waals surface area (Å²) in [6.07, 6.45) is 4.89. The lowest BCUT2D eigenvalue weighted by atomic mass is 10.3. The van der Waals surface area contributed by atoms with E-state index >= 15 is 0 Å². The number of amidine groups is 1. The van der Waals surface area contributed by atoms with Crippen LogP contribution in [0, 0.1) is 12.3 Å². The normalized spacial score (nSPS) is 10.3. The molecule has 0 atom stereocenters. The quantitative estimate of drug-likeness (QED) is 0.579. The number of rotatable bonds is 3. The number of hydrogen-bond donors (Lipinski definition) is 2. The Morgan fingerprint density at radius 2 is 2.25 bits per heavy atom. The summed E-state index contributed by atoms with van der Waals surface area (Å²) in [4.78, 5) is 8.14. The summed E-state index contributed by atoms with van der Waals surface area (Å²) in [6, 6.07) is 1.90. The topological polar surface area (TPSA) is 93.5 Å². The second-order valence-electron chi connectivity index (χ2n) is 3.44. The molecule has 16 heavy (non-hydrogen) atoms. The molecule has 2 rings (SSSR count). The number of aromatic nitrogens is 4. The molecule has 0 aliphatic rings. The van der Waals surface area contributed by atoms with Crippen LogP contribution in [0.3, 0.4) is 0 Å². The standard InChI is InChI=1S/C10H12N6/c1-7-4-8(9-5-13-2-3-14-9)15-16(7)6-10(11)12/h2-5H,6H2,1H3,(H3,11,12). The highest BCUT2D eigenvalue weighted by molar-refractivity contribution is 5.76. The van der Waals surface area contributed by atoms with E-state index in [1.54, 1.807) is 23.3 Å². The smallest absolute Gasteiger partial charge is 0.113 e. The first-order valence-electron chi connectivity index (χ1n) is 4.80. The van der Waals surface area contributed by atoms with Crippen LogP contribution in [-0.2, 0) is 6.54 Å². The van der Waals surface area contributed by atoms with Crippen LogP contribution in [0.5, 0.6) is 0 Å². The van der Waals surface area contributed by atoms with Crippen LogP contribution in [0.1, 0.15) is 5.69 Å². The van der Waals surface area contributed by atoms with Crippen molar-refractivity contribution in [3.8, 4) is 11.4 Å². The first-order chi connectivity index (χ1) is 7.66. The first-order valence-corrected chi connectivity index (χ1v) is 4.80. The fourth-order valence-electron chi connectivity index (χ4n) is 1.39. The van der Waals surface area contributed by atoms with Crippen molar-refractivity contribution in [2.75, 3.05) is 0 Å². The van der Waals surface area contributed by atoms with Crippen molar-refractivity contribution >= 4 is 5.84 Å². The van der Waals surface area contributed by atoms with E-state index in [1.165, 1.54) is 0 Å². The molecule has 3 N–H and O–H groups in total. The molecule has 0 radical (unpaired) electrons. The first kappa shape index (κ1) is 10.3. The van der Waals surface area contributed by atoms with Gasteiger partial charge in [-0.05, 0) is 13.0 Å². The molecule has 2 aromatic heterocycles. The second-order valence-corrected chi connectivity index (χ2v) is 3.44. The highest BCUT2D eigenvalue weighted by Gasteiger charge is 2.07. The van der Waals surface area contributed by atoms with Gasteiger partial charge in [0.05, 0.1) is 12.7 Å². The van der Waals surface area contributed by atoms with Crippen LogP contribution in [-0.4, -0.2) is 25.6 Å². The van der Waals surface area contributed by atoms with Crippen molar-refractivity contribution in [3.63, 3.8) is 0 Å². The Hall–Kier alpha value is -2.24. The zero-order chi connectivity index (χ0) is 11.5. The second kappa shape index (κ2) is 4.09. The van der Waals surface area contributed by atoms with E-state index in [1.807, 2.05) is 13.0 Å². The maximum Gasteiger partial charge on any atom is 0.113 e. The number of nitrogens with two attached hydrogens (primary N) is 1. The third-order valence-corrected chi connectivity index (χ3v) is 2.13. The van der Waals surface area contributed by atoms with Crippen molar-refractivity contribution < 1.29 is 0 Å². The van der Waals surface area contributed by atoms with Gasteiger partial charge in [-0.2, -0.15) is 5.10 Å². The van der Waals surface area contributed by atoms with Crippen LogP contribution in [0.25, 0.3) is 11.4 Å². The van der Waals surface area contributed by atoms with Crippen molar-refractivity contribution in [2.45, 2.75) is 13.5 Å². The summed E-state index contributed by atoms with van der Waals surface area (Å²) in [5.41, 5.74) is 7.73. The number of aryl methyl sites for hydroxylation is 1. The molecular formula is C10H12N6. The average Bonchev–Trinajstić information content (AvgIpc) is 2.61. The molecule has 6 heteroatoms. The van der Waals surface area contributed by atoms with Gasteiger partial charge in [0.15, 0.2) is 0 Å². The van der Waals surface area contributed by atoms with E-state index < -0.39 is 0 Å². The molecule has 0 aliphatic heterocycles. The van der Waals surface area contributed by atoms with Gasteiger partial charge < -0.3 is 5.73 Å². The van der Waals surface area contributed by atoms with Crippen LogP contribution in [0.4, 0.5) is 0 Å². The van der Waals surface area contributed by atoms with E-state index in [4.69, 9.17) is 11.1 Å². The Kier molecular flexibility index (Phi) is 2.63. The summed E-state index contributed by atoms with van der Waals surface area (Å²) in [5.74, 6) is 0.0805. The predicted molar refractivity (Wildman–Crippen MR) is 59.9 cm³/mol. The van der Waals surface area contributed by atoms with Gasteiger partial charge in [0.2, 0.25) is 0 Å². The van der Waals surface area contributed by atoms with E-state index in [0.717, 1.165) is 11.4 Å². The van der Waals surface area contributed by atoms with Crippen LogP contribution in [0.2, 0.25) is 0 Å². The van der Waals surface area contributed by atoms with Gasteiger partial charge in [0.25, 0.3) is 0 Å². The van der Waals surface area contributed by atoms with Gasteiger partial charge in [-0.1, -0.05) is 0 Å². The van der Waals surface area contributed by atoms with Crippen LogP contribution < -0.4 is 5.73 Å². The molecule has 0 aliphatic carbocycles. The van der Waals surface area contributed by atoms with Crippen molar-refractivity contribution in [2.24, 2.45) is 5.73 Å². The Balaban J connectivity index is 2.34. The minimum absolute atomic E-state index is 0.0805. The fraction of sp³-hybridized carbons (Fsp3) is 0.200. The number of hydrogen-bond acceptors (Lipinski definition) is 4. The zero-order valence-corrected chi connectivity index (χ0v) is 8.88. The Morgan fingerprint density at radius 3 is 2.88 bits per heavy atom. The zero-order valence-electron chi connectivity index (χ0n) is 8.88. The molecule has 0 fully saturated rings. The van der Waals surface area contributed by atoms with E-state index in [2.05, 4.69) is 15.1 Å². The molecule has 2 aromatic rings. The maximum absolute atomic E-state index is 7.23. The molecule has 0 bridgehead atoms. The highest BCUT2D eigenvalue weighted by atomic mass is 15.3. The lowest BCUT2D eigenvalue weighted by molar-refractivity contribution is 0.696. The molecule has 82 valence electrons. The molecule has 6 nitrogen and oxygen atoms in total. The molecule has 0 saturated carbocycles. The molecular weight excluding hydrogens is 204 g/mol. The maximum atomic E-state index is 7.23. The highest BCUT2D eigenvalue weighted by Crippen LogP contribution is 2.14. The van der Waals surface area contributed by atoms with Gasteiger partial charge in [0.1, 0.15) is 17.2 Å². The minimum Gasteiger partial charge on any atom is -0.386 e. The number of nitrogens with one attached hydrogen (secondary N) is 1. The van der Waals surface area contributed by atoms with Gasteiger partial charge in [-0.25, -0.2) is 0 Å². The van der Waals surface area contributed by atoms with E-state index in [9.17, 15) is 0 Å². The molecule has 0 spiro atoms. The van der Waals surface area contributed by atoms with Crippen molar-refractivity contribution in [1.29, 1.82) is 5.41 Å². The lowest BCUT2D eigenvalue weighted by Gasteiger charge is -2.00. The van der Waals surface area contributed by atoms with Gasteiger partial charge in [0, 0.05) is 18.1 Å². The van der Waals surface area contributed by atoms with Gasteiger partial charge >= 0.3 is 0 Å². The SMILES string of the molecule is Cc1cc(-c2cnccn2)nn1CC(=N)N. The fourth-order valence-corrected chi connectivity index (χ4v) is 1.39. The minimum atomic E-state index is 0.0805. The van der Waals surface area contributed by atoms with Gasteiger partial charge in [-0.3, -0.25) is 20.1 Å². The Labute approximate surface area is 92.7 Å². The van der Waals surface area contributed by atoms with Crippen molar-refractivity contribution in [3.05, 3.63) is 30.4 Å². The Bertz CT molecular complexity index is 501. The summed E-state index contributed by atoms with van der Waals surface area (Å²) in [6.45, 7) is 2.21. The molecule has 0 amide bonds. The molecule has 0 saturated heterocycles. The van der Waals surface area contributed by atoms with Gasteiger partial charge in [-0.15, -0.1) is 0 Å². The largest absolute Gasteiger partial charge is 0.386 e. The molecule has 0 aromatic carbocycles. The third-order valence-electron chi connectivity index (χ3n) is 2.13. The number of nitrogens with zero attached hydrogens (tertiary/aromatic N) is 4. The van der Waals surface area contributed by atoms with E-state index in [-0.39, 0.29) is 5.84 Å². The molecule has 2 heterocycles. The predicted octanol–water partition coefficient (Wildman–Crippen LogP) is 0.584. The summed E-state index contributed by atoms with van der Waals surface area (Å²) >= 11 is 0. The summed E-state index contributed by atoms with van der Waals surface area (Å²) in [7, 11) is 0. The molecule has 0 unspecified atom stereocenters. The average molecular weight is 216 g/mol. The lowest BCUT2D eigenvalue weighted by Crippen LogP contribution is -2.19. The Morgan fingerprint density at radius 1 is 1.44 bits per heavy atom. The van der Waals surface area contributed by atoms with Crippen LogP contribution in [0.15, 0.2) is 24.7 Å². The summed E-state index contributed by atoms with van der Waals surface area (Å²) in [5, 5.41) is 11.5. The van der Waals surface area contributed by atoms with Crippen LogP contribution >= 0.6 is 0 Å². The van der Waals surface area contributed by atoms with Crippen molar-refractivity contribution in [1.82, 2.24) is 19.7 Å². The van der Waals surface area contributed by atoms with E-state index in [0.29, 0.717) is 12.2 Å². The third kappa shape index (κ3) is 2.05. The summed E-state index contributed by atoms with van der Waals surface area (Å²) < 4.78 is 1.67.